The second kappa shape index (κ2) is 10.2. The Morgan fingerprint density at radius 2 is 1.90 bits per heavy atom. The van der Waals surface area contributed by atoms with Gasteiger partial charge in [-0.2, -0.15) is 5.10 Å². The summed E-state index contributed by atoms with van der Waals surface area (Å²) in [5.74, 6) is 0.390. The van der Waals surface area contributed by atoms with Gasteiger partial charge in [-0.3, -0.25) is 14.8 Å². The normalized spacial score (nSPS) is 10.6. The molecular weight excluding hydrogens is 408 g/mol. The van der Waals surface area contributed by atoms with Gasteiger partial charge in [0.15, 0.2) is 5.11 Å². The molecule has 31 heavy (non-hydrogen) atoms. The summed E-state index contributed by atoms with van der Waals surface area (Å²) in [5, 5.41) is 10.5. The molecule has 0 aliphatic heterocycles. The summed E-state index contributed by atoms with van der Waals surface area (Å²) < 4.78 is 7.49. The average Bonchev–Trinajstić information content (AvgIpc) is 2.99. The number of carbonyl (C=O) groups excluding carboxylic acids is 1. The zero-order chi connectivity index (χ0) is 22.4. The van der Waals surface area contributed by atoms with Gasteiger partial charge in [0.1, 0.15) is 5.75 Å². The second-order valence-corrected chi connectivity index (χ2v) is 7.84. The van der Waals surface area contributed by atoms with Gasteiger partial charge in [-0.15, -0.1) is 0 Å². The lowest BCUT2D eigenvalue weighted by atomic mass is 10.0. The third-order valence-electron chi connectivity index (χ3n) is 5.05. The third kappa shape index (κ3) is 5.92. The summed E-state index contributed by atoms with van der Waals surface area (Å²) in [5.41, 5.74) is 5.96. The van der Waals surface area contributed by atoms with Crippen molar-refractivity contribution in [1.29, 1.82) is 0 Å². The molecule has 1 aromatic heterocycles. The van der Waals surface area contributed by atoms with E-state index in [9.17, 15) is 4.79 Å². The van der Waals surface area contributed by atoms with E-state index in [2.05, 4.69) is 22.7 Å². The van der Waals surface area contributed by atoms with Crippen molar-refractivity contribution < 1.29 is 9.53 Å². The predicted molar refractivity (Wildman–Crippen MR) is 128 cm³/mol. The number of aryl methyl sites for hydroxylation is 2. The lowest BCUT2D eigenvalue weighted by molar-refractivity contribution is 0.0977. The van der Waals surface area contributed by atoms with Crippen molar-refractivity contribution in [2.45, 2.75) is 33.6 Å². The topological polar surface area (TPSA) is 68.2 Å². The van der Waals surface area contributed by atoms with E-state index in [-0.39, 0.29) is 11.0 Å². The van der Waals surface area contributed by atoms with Gasteiger partial charge in [0.05, 0.1) is 12.3 Å². The average molecular weight is 437 g/mol. The highest BCUT2D eigenvalue weighted by Gasteiger charge is 2.11. The zero-order valence-electron chi connectivity index (χ0n) is 18.4. The maximum atomic E-state index is 12.5. The number of anilines is 1. The lowest BCUT2D eigenvalue weighted by Gasteiger charge is -2.11. The van der Waals surface area contributed by atoms with Crippen molar-refractivity contribution in [3.05, 3.63) is 76.6 Å². The van der Waals surface area contributed by atoms with Crippen molar-refractivity contribution in [1.82, 2.24) is 15.1 Å². The Morgan fingerprint density at radius 3 is 2.55 bits per heavy atom. The first-order valence-electron chi connectivity index (χ1n) is 10.3. The van der Waals surface area contributed by atoms with Gasteiger partial charge in [0.25, 0.3) is 5.91 Å². The van der Waals surface area contributed by atoms with Crippen LogP contribution >= 0.6 is 12.2 Å². The Hall–Kier alpha value is -3.19. The molecule has 0 saturated carbocycles. The molecule has 7 heteroatoms. The van der Waals surface area contributed by atoms with E-state index in [4.69, 9.17) is 17.0 Å². The first-order chi connectivity index (χ1) is 14.9. The number of nitrogens with one attached hydrogen (secondary N) is 2. The first-order valence-corrected chi connectivity index (χ1v) is 10.7. The molecule has 0 fully saturated rings. The smallest absolute Gasteiger partial charge is 0.257 e. The van der Waals surface area contributed by atoms with E-state index >= 15 is 0 Å². The van der Waals surface area contributed by atoms with Crippen molar-refractivity contribution >= 4 is 28.9 Å². The highest BCUT2D eigenvalue weighted by Crippen LogP contribution is 2.19. The fourth-order valence-corrected chi connectivity index (χ4v) is 3.48. The van der Waals surface area contributed by atoms with Crippen LogP contribution in [0.1, 0.15) is 46.2 Å². The van der Waals surface area contributed by atoms with Crippen LogP contribution in [0.4, 0.5) is 5.69 Å². The minimum absolute atomic E-state index is 0.247. The number of benzene rings is 2. The SMILES string of the molecule is CCCOc1cccc(C(=O)NC(=S)Nc2ccc(Cc3c(C)nn(C)c3C)cc2)c1. The van der Waals surface area contributed by atoms with Crippen LogP contribution < -0.4 is 15.4 Å². The predicted octanol–water partition coefficient (Wildman–Crippen LogP) is 4.54. The quantitative estimate of drug-likeness (QED) is 0.532. The van der Waals surface area contributed by atoms with E-state index in [0.29, 0.717) is 17.9 Å². The maximum Gasteiger partial charge on any atom is 0.257 e. The molecule has 1 heterocycles. The fraction of sp³-hybridized carbons (Fsp3) is 0.292. The van der Waals surface area contributed by atoms with Crippen LogP contribution in [0.2, 0.25) is 0 Å². The largest absolute Gasteiger partial charge is 0.494 e. The van der Waals surface area contributed by atoms with E-state index < -0.39 is 0 Å². The summed E-state index contributed by atoms with van der Waals surface area (Å²) in [6, 6.07) is 15.1. The van der Waals surface area contributed by atoms with Crippen molar-refractivity contribution in [2.75, 3.05) is 11.9 Å². The van der Waals surface area contributed by atoms with Gasteiger partial charge in [0, 0.05) is 36.0 Å². The summed E-state index contributed by atoms with van der Waals surface area (Å²) in [4.78, 5) is 12.5. The summed E-state index contributed by atoms with van der Waals surface area (Å²) in [6.07, 6.45) is 1.73. The molecule has 0 atom stereocenters. The van der Waals surface area contributed by atoms with Gasteiger partial charge in [-0.1, -0.05) is 25.1 Å². The minimum Gasteiger partial charge on any atom is -0.494 e. The van der Waals surface area contributed by atoms with Gasteiger partial charge < -0.3 is 10.1 Å². The van der Waals surface area contributed by atoms with Crippen molar-refractivity contribution in [3.63, 3.8) is 0 Å². The van der Waals surface area contributed by atoms with E-state index in [1.54, 1.807) is 18.2 Å². The van der Waals surface area contributed by atoms with Crippen LogP contribution in [0.15, 0.2) is 48.5 Å². The molecule has 2 aromatic carbocycles. The van der Waals surface area contributed by atoms with Crippen LogP contribution in [-0.4, -0.2) is 27.4 Å². The molecule has 162 valence electrons. The molecule has 0 unspecified atom stereocenters. The molecular formula is C24H28N4O2S. The molecule has 3 rings (SSSR count). The fourth-order valence-electron chi connectivity index (χ4n) is 3.27. The van der Waals surface area contributed by atoms with Gasteiger partial charge in [-0.25, -0.2) is 0 Å². The molecule has 0 saturated heterocycles. The molecule has 0 bridgehead atoms. The number of aromatic nitrogens is 2. The monoisotopic (exact) mass is 436 g/mol. The summed E-state index contributed by atoms with van der Waals surface area (Å²) in [6.45, 7) is 6.76. The number of hydrogen-bond acceptors (Lipinski definition) is 4. The Kier molecular flexibility index (Phi) is 7.41. The van der Waals surface area contributed by atoms with Crippen LogP contribution in [0.5, 0.6) is 5.75 Å². The Balaban J connectivity index is 1.57. The van der Waals surface area contributed by atoms with E-state index in [0.717, 1.165) is 24.2 Å². The molecule has 0 radical (unpaired) electrons. The second-order valence-electron chi connectivity index (χ2n) is 7.43. The van der Waals surface area contributed by atoms with Crippen LogP contribution in [0.3, 0.4) is 0 Å². The molecule has 2 N–H and O–H groups in total. The van der Waals surface area contributed by atoms with Crippen molar-refractivity contribution in [3.8, 4) is 5.75 Å². The van der Waals surface area contributed by atoms with Crippen LogP contribution in [0.25, 0.3) is 0 Å². The zero-order valence-corrected chi connectivity index (χ0v) is 19.2. The maximum absolute atomic E-state index is 12.5. The summed E-state index contributed by atoms with van der Waals surface area (Å²) in [7, 11) is 1.96. The standard InChI is InChI=1S/C24H28N4O2S/c1-5-13-30-21-8-6-7-19(15-21)23(29)26-24(31)25-20-11-9-18(10-12-20)14-22-16(2)27-28(4)17(22)3/h6-12,15H,5,13-14H2,1-4H3,(H2,25,26,29,31). The molecule has 0 aliphatic rings. The third-order valence-corrected chi connectivity index (χ3v) is 5.25. The Labute approximate surface area is 188 Å². The van der Waals surface area contributed by atoms with Crippen LogP contribution in [0, 0.1) is 13.8 Å². The van der Waals surface area contributed by atoms with Gasteiger partial charge >= 0.3 is 0 Å². The molecule has 0 aliphatic carbocycles. The van der Waals surface area contributed by atoms with E-state index in [1.807, 2.05) is 55.9 Å². The lowest BCUT2D eigenvalue weighted by Crippen LogP contribution is -2.34. The Bertz CT molecular complexity index is 1070. The summed E-state index contributed by atoms with van der Waals surface area (Å²) >= 11 is 5.30. The number of amides is 1. The van der Waals surface area contributed by atoms with Crippen molar-refractivity contribution in [2.24, 2.45) is 7.05 Å². The highest BCUT2D eigenvalue weighted by atomic mass is 32.1. The Morgan fingerprint density at radius 1 is 1.16 bits per heavy atom. The van der Waals surface area contributed by atoms with Gasteiger partial charge in [0.2, 0.25) is 0 Å². The van der Waals surface area contributed by atoms with E-state index in [1.165, 1.54) is 16.8 Å². The number of carbonyl (C=O) groups is 1. The molecule has 1 amide bonds. The molecule has 3 aromatic rings. The molecule has 0 spiro atoms. The number of thiocarbonyl (C=S) groups is 1. The number of rotatable bonds is 7. The minimum atomic E-state index is -0.279. The van der Waals surface area contributed by atoms with Gasteiger partial charge in [-0.05, 0) is 68.4 Å². The number of nitrogens with zero attached hydrogens (tertiary/aromatic N) is 2. The van der Waals surface area contributed by atoms with Crippen LogP contribution in [-0.2, 0) is 13.5 Å². The highest BCUT2D eigenvalue weighted by molar-refractivity contribution is 7.80. The number of hydrogen-bond donors (Lipinski definition) is 2. The molecule has 6 nitrogen and oxygen atoms in total. The number of ether oxygens (including phenoxy) is 1. The first kappa shape index (κ1) is 22.5.